The van der Waals surface area contributed by atoms with Gasteiger partial charge >= 0.3 is 0 Å². The van der Waals surface area contributed by atoms with E-state index in [2.05, 4.69) is 12.2 Å². The molecule has 0 radical (unpaired) electrons. The highest BCUT2D eigenvalue weighted by Gasteiger charge is 2.21. The van der Waals surface area contributed by atoms with Crippen molar-refractivity contribution < 1.29 is 13.3 Å². The topological polar surface area (TPSA) is 127 Å². The van der Waals surface area contributed by atoms with Crippen molar-refractivity contribution in [1.82, 2.24) is 10.3 Å². The minimum Gasteiger partial charge on any atom is -0.375 e. The van der Waals surface area contributed by atoms with Crippen molar-refractivity contribution in [2.24, 2.45) is 5.73 Å². The molecule has 0 fully saturated rings. The van der Waals surface area contributed by atoms with Crippen molar-refractivity contribution in [2.75, 3.05) is 0 Å². The van der Waals surface area contributed by atoms with Crippen molar-refractivity contribution in [3.8, 4) is 0 Å². The summed E-state index contributed by atoms with van der Waals surface area (Å²) in [6.45, 7) is 0. The fraction of sp³-hybridized carbons (Fsp3) is 0. The maximum Gasteiger partial charge on any atom is 0.270 e. The molecule has 0 heterocycles. The number of halogens is 1. The number of non-ortho nitro benzene ring substituents is 1. The lowest BCUT2D eigenvalue weighted by molar-refractivity contribution is -0.385. The minimum absolute atomic E-state index is 0.169. The number of rotatable bonds is 4. The molecule has 4 N–H and O–H groups in total. The van der Waals surface area contributed by atoms with Crippen LogP contribution in [0.15, 0.2) is 23.1 Å². The largest absolute Gasteiger partial charge is 0.375 e. The van der Waals surface area contributed by atoms with Crippen LogP contribution in [0.1, 0.15) is 0 Å². The molecule has 0 bridgehead atoms. The lowest BCUT2D eigenvalue weighted by atomic mass is 10.3. The molecule has 18 heavy (non-hydrogen) atoms. The van der Waals surface area contributed by atoms with E-state index in [4.69, 9.17) is 17.3 Å². The molecule has 0 unspecified atom stereocenters. The Labute approximate surface area is 112 Å². The van der Waals surface area contributed by atoms with E-state index in [1.807, 2.05) is 10.3 Å². The number of sulfonamides is 1. The van der Waals surface area contributed by atoms with Crippen LogP contribution in [0.3, 0.4) is 0 Å². The van der Waals surface area contributed by atoms with Crippen LogP contribution in [-0.2, 0) is 10.0 Å². The standard InChI is InChI=1S/C7H7ClN4O4S2/c8-5-2-1-4(12(13)14)3-6(5)18(15,16)11-10-7(9)17/h1-3,11H,(H3,9,10,17). The second-order valence-electron chi connectivity index (χ2n) is 2.97. The average molecular weight is 311 g/mol. The number of nitro benzene ring substituents is 1. The highest BCUT2D eigenvalue weighted by Crippen LogP contribution is 2.25. The highest BCUT2D eigenvalue weighted by atomic mass is 35.5. The van der Waals surface area contributed by atoms with Crippen molar-refractivity contribution in [1.29, 1.82) is 0 Å². The Hall–Kier alpha value is -1.49. The Morgan fingerprint density at radius 1 is 1.50 bits per heavy atom. The third-order valence-corrected chi connectivity index (χ3v) is 3.56. The second kappa shape index (κ2) is 5.44. The first kappa shape index (κ1) is 14.6. The summed E-state index contributed by atoms with van der Waals surface area (Å²) >= 11 is 10.1. The summed E-state index contributed by atoms with van der Waals surface area (Å²) in [5.74, 6) is 0. The molecule has 0 aliphatic heterocycles. The SMILES string of the molecule is NC(=S)NNS(=O)(=O)c1cc([N+](=O)[O-])ccc1Cl. The van der Waals surface area contributed by atoms with Crippen LogP contribution in [0, 0.1) is 10.1 Å². The molecule has 1 rings (SSSR count). The molecule has 0 spiro atoms. The van der Waals surface area contributed by atoms with E-state index in [1.165, 1.54) is 0 Å². The predicted molar refractivity (Wildman–Crippen MR) is 68.3 cm³/mol. The predicted octanol–water partition coefficient (Wildman–Crippen LogP) is 0.275. The summed E-state index contributed by atoms with van der Waals surface area (Å²) in [5.41, 5.74) is 6.64. The molecule has 11 heteroatoms. The van der Waals surface area contributed by atoms with Gasteiger partial charge in [0.15, 0.2) is 5.11 Å². The average Bonchev–Trinajstić information content (AvgIpc) is 2.26. The zero-order valence-electron chi connectivity index (χ0n) is 8.58. The monoisotopic (exact) mass is 310 g/mol. The quantitative estimate of drug-likeness (QED) is 0.414. The van der Waals surface area contributed by atoms with Crippen LogP contribution in [0.25, 0.3) is 0 Å². The molecule has 0 aliphatic carbocycles. The Morgan fingerprint density at radius 3 is 2.61 bits per heavy atom. The van der Waals surface area contributed by atoms with Crippen LogP contribution in [-0.4, -0.2) is 18.5 Å². The van der Waals surface area contributed by atoms with E-state index >= 15 is 0 Å². The number of nitrogens with one attached hydrogen (secondary N) is 2. The molecular formula is C7H7ClN4O4S2. The number of thiocarbonyl (C=S) groups is 1. The van der Waals surface area contributed by atoms with Crippen molar-refractivity contribution >= 4 is 44.6 Å². The van der Waals surface area contributed by atoms with Gasteiger partial charge in [0.05, 0.1) is 9.95 Å². The number of nitrogens with zero attached hydrogens (tertiary/aromatic N) is 1. The molecule has 0 aliphatic rings. The third kappa shape index (κ3) is 3.50. The zero-order chi connectivity index (χ0) is 13.9. The van der Waals surface area contributed by atoms with E-state index in [0.29, 0.717) is 0 Å². The molecule has 1 aromatic carbocycles. The first-order valence-electron chi connectivity index (χ1n) is 4.25. The lowest BCUT2D eigenvalue weighted by Crippen LogP contribution is -2.44. The first-order valence-corrected chi connectivity index (χ1v) is 6.52. The van der Waals surface area contributed by atoms with Gasteiger partial charge < -0.3 is 5.73 Å². The van der Waals surface area contributed by atoms with Gasteiger partial charge in [-0.05, 0) is 18.3 Å². The summed E-state index contributed by atoms with van der Waals surface area (Å²) in [6.07, 6.45) is 0. The minimum atomic E-state index is -4.11. The van der Waals surface area contributed by atoms with Gasteiger partial charge in [-0.25, -0.2) is 8.42 Å². The first-order chi connectivity index (χ1) is 8.24. The van der Waals surface area contributed by atoms with Gasteiger partial charge in [-0.2, -0.15) is 0 Å². The maximum atomic E-state index is 11.7. The van der Waals surface area contributed by atoms with Crippen LogP contribution in [0.4, 0.5) is 5.69 Å². The van der Waals surface area contributed by atoms with Gasteiger partial charge in [0.2, 0.25) is 0 Å². The summed E-state index contributed by atoms with van der Waals surface area (Å²) < 4.78 is 23.5. The number of hydrogen-bond donors (Lipinski definition) is 3. The van der Waals surface area contributed by atoms with E-state index in [-0.39, 0.29) is 10.1 Å². The van der Waals surface area contributed by atoms with Crippen molar-refractivity contribution in [2.45, 2.75) is 4.90 Å². The van der Waals surface area contributed by atoms with E-state index in [1.54, 1.807) is 0 Å². The molecule has 0 amide bonds. The second-order valence-corrected chi connectivity index (χ2v) is 5.46. The fourth-order valence-electron chi connectivity index (χ4n) is 0.984. The van der Waals surface area contributed by atoms with Crippen LogP contribution >= 0.6 is 23.8 Å². The van der Waals surface area contributed by atoms with Crippen LogP contribution in [0.2, 0.25) is 5.02 Å². The zero-order valence-corrected chi connectivity index (χ0v) is 11.0. The fourth-order valence-corrected chi connectivity index (χ4v) is 2.48. The Balaban J connectivity index is 3.18. The molecule has 0 atom stereocenters. The van der Waals surface area contributed by atoms with Gasteiger partial charge in [0.1, 0.15) is 4.90 Å². The highest BCUT2D eigenvalue weighted by molar-refractivity contribution is 7.89. The lowest BCUT2D eigenvalue weighted by Gasteiger charge is -2.08. The summed E-state index contributed by atoms with van der Waals surface area (Å²) in [5, 5.41) is 10.1. The van der Waals surface area contributed by atoms with Crippen LogP contribution < -0.4 is 16.0 Å². The summed E-state index contributed by atoms with van der Waals surface area (Å²) in [4.78, 5) is 11.2. The molecule has 0 saturated heterocycles. The van der Waals surface area contributed by atoms with Crippen molar-refractivity contribution in [3.63, 3.8) is 0 Å². The van der Waals surface area contributed by atoms with E-state index in [9.17, 15) is 18.5 Å². The summed E-state index contributed by atoms with van der Waals surface area (Å²) in [6, 6.07) is 3.02. The number of nitro groups is 1. The molecule has 98 valence electrons. The molecule has 1 aromatic rings. The maximum absolute atomic E-state index is 11.7. The smallest absolute Gasteiger partial charge is 0.270 e. The van der Waals surface area contributed by atoms with Gasteiger partial charge in [0, 0.05) is 12.1 Å². The molecule has 0 saturated carbocycles. The van der Waals surface area contributed by atoms with Gasteiger partial charge in [-0.1, -0.05) is 11.6 Å². The van der Waals surface area contributed by atoms with Gasteiger partial charge in [0.25, 0.3) is 15.7 Å². The Bertz CT molecular complexity index is 603. The number of hydrazine groups is 1. The van der Waals surface area contributed by atoms with Crippen molar-refractivity contribution in [3.05, 3.63) is 33.3 Å². The number of nitrogens with two attached hydrogens (primary N) is 1. The van der Waals surface area contributed by atoms with E-state index < -0.39 is 25.5 Å². The molecule has 8 nitrogen and oxygen atoms in total. The molecular weight excluding hydrogens is 304 g/mol. The number of benzene rings is 1. The van der Waals surface area contributed by atoms with Crippen LogP contribution in [0.5, 0.6) is 0 Å². The number of hydrogen-bond acceptors (Lipinski definition) is 5. The Morgan fingerprint density at radius 2 is 2.11 bits per heavy atom. The molecule has 0 aromatic heterocycles. The summed E-state index contributed by atoms with van der Waals surface area (Å²) in [7, 11) is -4.11. The normalized spacial score (nSPS) is 10.9. The van der Waals surface area contributed by atoms with Gasteiger partial charge in [-0.15, -0.1) is 4.83 Å². The Kier molecular flexibility index (Phi) is 4.40. The third-order valence-electron chi connectivity index (χ3n) is 1.72. The van der Waals surface area contributed by atoms with Gasteiger partial charge in [-0.3, -0.25) is 15.5 Å². The van der Waals surface area contributed by atoms with E-state index in [0.717, 1.165) is 18.2 Å².